The van der Waals surface area contributed by atoms with Crippen molar-refractivity contribution < 1.29 is 17.2 Å². The molecule has 0 aliphatic carbocycles. The third-order valence-electron chi connectivity index (χ3n) is 5.97. The van der Waals surface area contributed by atoms with E-state index >= 15 is 0 Å². The molecule has 1 aliphatic rings. The molecule has 3 heterocycles. The van der Waals surface area contributed by atoms with Crippen molar-refractivity contribution in [2.75, 3.05) is 42.7 Å². The van der Waals surface area contributed by atoms with Gasteiger partial charge in [0.05, 0.1) is 6.26 Å². The van der Waals surface area contributed by atoms with Crippen molar-refractivity contribution >= 4 is 38.4 Å². The van der Waals surface area contributed by atoms with E-state index in [1.165, 1.54) is 22.7 Å². The van der Waals surface area contributed by atoms with E-state index in [9.17, 15) is 17.2 Å². The number of anilines is 3. The Morgan fingerprint density at radius 2 is 1.66 bits per heavy atom. The number of fused-ring (bicyclic) bond motifs is 1. The van der Waals surface area contributed by atoms with Crippen LogP contribution in [0.2, 0.25) is 0 Å². The molecule has 182 valence electrons. The number of halogens is 2. The molecule has 0 unspecified atom stereocenters. The Kier molecular flexibility index (Phi) is 6.12. The molecule has 35 heavy (non-hydrogen) atoms. The highest BCUT2D eigenvalue weighted by Gasteiger charge is 2.23. The van der Waals surface area contributed by atoms with Crippen molar-refractivity contribution in [3.8, 4) is 0 Å². The van der Waals surface area contributed by atoms with Gasteiger partial charge < -0.3 is 14.8 Å². The van der Waals surface area contributed by atoms with Crippen LogP contribution < -0.4 is 10.2 Å². The lowest BCUT2D eigenvalue weighted by atomic mass is 10.2. The molecule has 1 aliphatic heterocycles. The lowest BCUT2D eigenvalue weighted by Gasteiger charge is -2.34. The SMILES string of the molecule is CS(=O)(=O)N1CCN(c2ccc(Nc3ncc4ccn(Cc5cc(F)cc(F)c5)c4n3)cc2)CC1. The second-order valence-electron chi connectivity index (χ2n) is 8.51. The minimum Gasteiger partial charge on any atom is -0.369 e. The van der Waals surface area contributed by atoms with Crippen LogP contribution in [0, 0.1) is 11.6 Å². The molecule has 0 spiro atoms. The van der Waals surface area contributed by atoms with Crippen LogP contribution in [0.4, 0.5) is 26.1 Å². The van der Waals surface area contributed by atoms with Gasteiger partial charge in [0.25, 0.3) is 0 Å². The third-order valence-corrected chi connectivity index (χ3v) is 7.28. The summed E-state index contributed by atoms with van der Waals surface area (Å²) in [6.07, 6.45) is 4.74. The van der Waals surface area contributed by atoms with E-state index in [-0.39, 0.29) is 6.54 Å². The quantitative estimate of drug-likeness (QED) is 0.438. The van der Waals surface area contributed by atoms with Crippen LogP contribution in [0.15, 0.2) is 60.9 Å². The lowest BCUT2D eigenvalue weighted by Crippen LogP contribution is -2.48. The highest BCUT2D eigenvalue weighted by molar-refractivity contribution is 7.88. The first-order chi connectivity index (χ1) is 16.7. The molecule has 1 fully saturated rings. The van der Waals surface area contributed by atoms with Gasteiger partial charge >= 0.3 is 0 Å². The van der Waals surface area contributed by atoms with Gasteiger partial charge in [-0.3, -0.25) is 0 Å². The van der Waals surface area contributed by atoms with Gasteiger partial charge in [0.2, 0.25) is 16.0 Å². The van der Waals surface area contributed by atoms with Crippen LogP contribution in [-0.4, -0.2) is 59.7 Å². The molecule has 11 heteroatoms. The number of sulfonamides is 1. The van der Waals surface area contributed by atoms with Crippen LogP contribution in [0.1, 0.15) is 5.56 Å². The standard InChI is InChI=1S/C24H24F2N6O2S/c1-35(33,34)32-10-8-30(9-11-32)22-4-2-21(3-5-22)28-24-27-15-18-6-7-31(23(18)29-24)16-17-12-19(25)14-20(26)13-17/h2-7,12-15H,8-11,16H2,1H3,(H,27,28,29). The van der Waals surface area contributed by atoms with E-state index in [1.807, 2.05) is 41.1 Å². The summed E-state index contributed by atoms with van der Waals surface area (Å²) in [5.74, 6) is -0.833. The van der Waals surface area contributed by atoms with Crippen molar-refractivity contribution in [2.45, 2.75) is 6.54 Å². The highest BCUT2D eigenvalue weighted by Crippen LogP contribution is 2.23. The maximum absolute atomic E-state index is 13.6. The van der Waals surface area contributed by atoms with Crippen molar-refractivity contribution in [1.82, 2.24) is 18.8 Å². The van der Waals surface area contributed by atoms with Crippen LogP contribution in [0.5, 0.6) is 0 Å². The van der Waals surface area contributed by atoms with Crippen molar-refractivity contribution in [3.63, 3.8) is 0 Å². The number of rotatable bonds is 6. The maximum Gasteiger partial charge on any atom is 0.229 e. The number of benzene rings is 2. The molecule has 0 amide bonds. The van der Waals surface area contributed by atoms with Gasteiger partial charge in [-0.25, -0.2) is 22.2 Å². The Balaban J connectivity index is 1.29. The van der Waals surface area contributed by atoms with Gasteiger partial charge in [-0.05, 0) is 48.0 Å². The molecule has 0 bridgehead atoms. The first kappa shape index (κ1) is 23.2. The van der Waals surface area contributed by atoms with E-state index in [0.29, 0.717) is 43.3 Å². The molecular formula is C24H24F2N6O2S. The molecule has 0 radical (unpaired) electrons. The lowest BCUT2D eigenvalue weighted by molar-refractivity contribution is 0.388. The summed E-state index contributed by atoms with van der Waals surface area (Å²) < 4.78 is 53.9. The number of aromatic nitrogens is 3. The Morgan fingerprint density at radius 1 is 0.971 bits per heavy atom. The largest absolute Gasteiger partial charge is 0.369 e. The van der Waals surface area contributed by atoms with Crippen molar-refractivity contribution in [3.05, 3.63) is 78.1 Å². The summed E-state index contributed by atoms with van der Waals surface area (Å²) in [7, 11) is -3.16. The first-order valence-electron chi connectivity index (χ1n) is 11.1. The predicted octanol–water partition coefficient (Wildman–Crippen LogP) is 3.58. The molecule has 2 aromatic carbocycles. The molecule has 5 rings (SSSR count). The summed E-state index contributed by atoms with van der Waals surface area (Å²) >= 11 is 0. The number of nitrogens with one attached hydrogen (secondary N) is 1. The topological polar surface area (TPSA) is 83.4 Å². The summed E-state index contributed by atoms with van der Waals surface area (Å²) in [4.78, 5) is 11.1. The second kappa shape index (κ2) is 9.23. The fourth-order valence-corrected chi connectivity index (χ4v) is 5.05. The fourth-order valence-electron chi connectivity index (χ4n) is 4.22. The maximum atomic E-state index is 13.6. The van der Waals surface area contributed by atoms with E-state index in [1.54, 1.807) is 6.20 Å². The van der Waals surface area contributed by atoms with E-state index < -0.39 is 21.7 Å². The first-order valence-corrected chi connectivity index (χ1v) is 12.9. The number of hydrogen-bond donors (Lipinski definition) is 1. The summed E-state index contributed by atoms with van der Waals surface area (Å²) in [5, 5.41) is 4.01. The van der Waals surface area contributed by atoms with Crippen molar-refractivity contribution in [2.24, 2.45) is 0 Å². The normalized spacial score (nSPS) is 15.0. The van der Waals surface area contributed by atoms with Gasteiger partial charge in [0.1, 0.15) is 17.3 Å². The van der Waals surface area contributed by atoms with E-state index in [0.717, 1.165) is 22.8 Å². The van der Waals surface area contributed by atoms with Crippen molar-refractivity contribution in [1.29, 1.82) is 0 Å². The van der Waals surface area contributed by atoms with E-state index in [4.69, 9.17) is 0 Å². The summed E-state index contributed by atoms with van der Waals surface area (Å²) in [6, 6.07) is 13.1. The zero-order valence-corrected chi connectivity index (χ0v) is 19.8. The summed E-state index contributed by atoms with van der Waals surface area (Å²) in [6.45, 7) is 2.47. The van der Waals surface area contributed by atoms with Gasteiger partial charge in [-0.2, -0.15) is 9.29 Å². The highest BCUT2D eigenvalue weighted by atomic mass is 32.2. The molecule has 2 aromatic heterocycles. The van der Waals surface area contributed by atoms with Gasteiger partial charge in [0.15, 0.2) is 0 Å². The average molecular weight is 499 g/mol. The molecule has 0 atom stereocenters. The fraction of sp³-hybridized carbons (Fsp3) is 0.250. The minimum atomic E-state index is -3.16. The molecule has 8 nitrogen and oxygen atoms in total. The predicted molar refractivity (Wildman–Crippen MR) is 131 cm³/mol. The van der Waals surface area contributed by atoms with Crippen LogP contribution in [0.25, 0.3) is 11.0 Å². The Morgan fingerprint density at radius 3 is 2.31 bits per heavy atom. The molecule has 1 N–H and O–H groups in total. The molecular weight excluding hydrogens is 474 g/mol. The minimum absolute atomic E-state index is 0.274. The monoisotopic (exact) mass is 498 g/mol. The Labute approximate surface area is 201 Å². The number of nitrogens with zero attached hydrogens (tertiary/aromatic N) is 5. The Bertz CT molecular complexity index is 1450. The number of hydrogen-bond acceptors (Lipinski definition) is 6. The average Bonchev–Trinajstić information content (AvgIpc) is 3.20. The zero-order valence-electron chi connectivity index (χ0n) is 19.0. The molecule has 1 saturated heterocycles. The van der Waals surface area contributed by atoms with Crippen LogP contribution >= 0.6 is 0 Å². The van der Waals surface area contributed by atoms with Gasteiger partial charge in [-0.1, -0.05) is 0 Å². The smallest absolute Gasteiger partial charge is 0.229 e. The van der Waals surface area contributed by atoms with Crippen LogP contribution in [-0.2, 0) is 16.6 Å². The molecule has 4 aromatic rings. The third kappa shape index (κ3) is 5.25. The number of piperazine rings is 1. The van der Waals surface area contributed by atoms with Gasteiger partial charge in [0, 0.05) is 67.9 Å². The van der Waals surface area contributed by atoms with Gasteiger partial charge in [-0.15, -0.1) is 0 Å². The second-order valence-corrected chi connectivity index (χ2v) is 10.5. The zero-order chi connectivity index (χ0) is 24.6. The van der Waals surface area contributed by atoms with Crippen LogP contribution in [0.3, 0.4) is 0 Å². The molecule has 0 saturated carbocycles. The summed E-state index contributed by atoms with van der Waals surface area (Å²) in [5.41, 5.74) is 2.96. The van der Waals surface area contributed by atoms with E-state index in [2.05, 4.69) is 20.2 Å². The Hall–Kier alpha value is -3.57.